The van der Waals surface area contributed by atoms with Gasteiger partial charge in [0.1, 0.15) is 28.7 Å². The summed E-state index contributed by atoms with van der Waals surface area (Å²) in [5, 5.41) is 12.6. The maximum atomic E-state index is 14.8. The standard InChI is InChI=1S/C21H19F4N3O4/c1-21(25)2-3-27-8-11(6-21)28-9-13(17(29)18(30)16(28)20(27)32)19(31)26-7-12-14(23)4-10(22)5-15(12)24/h4-5,9,11,30H,2-3,6-8H2,1H3,(H,26,31)/t11-,21+/m0/s1. The van der Waals surface area contributed by atoms with Crippen molar-refractivity contribution in [3.05, 3.63) is 62.8 Å². The number of carbonyl (C=O) groups is 2. The third-order valence-corrected chi connectivity index (χ3v) is 5.87. The van der Waals surface area contributed by atoms with Gasteiger partial charge in [-0.05, 0) is 13.3 Å². The molecule has 1 aromatic carbocycles. The zero-order chi connectivity index (χ0) is 23.4. The summed E-state index contributed by atoms with van der Waals surface area (Å²) in [5.74, 6) is -6.27. The van der Waals surface area contributed by atoms with Gasteiger partial charge < -0.3 is 19.9 Å². The van der Waals surface area contributed by atoms with E-state index in [-0.39, 0.29) is 31.6 Å². The summed E-state index contributed by atoms with van der Waals surface area (Å²) < 4.78 is 56.7. The highest BCUT2D eigenvalue weighted by Gasteiger charge is 2.42. The van der Waals surface area contributed by atoms with E-state index in [0.717, 1.165) is 6.20 Å². The molecule has 1 saturated heterocycles. The summed E-state index contributed by atoms with van der Waals surface area (Å²) in [4.78, 5) is 39.3. The van der Waals surface area contributed by atoms with E-state index in [1.54, 1.807) is 0 Å². The summed E-state index contributed by atoms with van der Waals surface area (Å²) in [6.07, 6.45) is 1.11. The zero-order valence-corrected chi connectivity index (χ0v) is 16.9. The zero-order valence-electron chi connectivity index (χ0n) is 16.9. The van der Waals surface area contributed by atoms with Crippen LogP contribution in [0.2, 0.25) is 0 Å². The summed E-state index contributed by atoms with van der Waals surface area (Å²) in [6.45, 7) is 0.950. The molecule has 1 fully saturated rings. The number of nitrogens with zero attached hydrogens (tertiary/aromatic N) is 2. The molecule has 170 valence electrons. The van der Waals surface area contributed by atoms with Crippen molar-refractivity contribution in [3.63, 3.8) is 0 Å². The van der Waals surface area contributed by atoms with E-state index in [1.165, 1.54) is 16.4 Å². The summed E-state index contributed by atoms with van der Waals surface area (Å²) in [5.41, 5.74) is -4.30. The van der Waals surface area contributed by atoms with Crippen LogP contribution < -0.4 is 10.7 Å². The number of benzene rings is 1. The second kappa shape index (κ2) is 7.64. The van der Waals surface area contributed by atoms with Gasteiger partial charge in [-0.2, -0.15) is 0 Å². The van der Waals surface area contributed by atoms with Gasteiger partial charge >= 0.3 is 0 Å². The van der Waals surface area contributed by atoms with Gasteiger partial charge in [0.2, 0.25) is 5.43 Å². The number of aromatic nitrogens is 1. The molecule has 7 nitrogen and oxygen atoms in total. The predicted octanol–water partition coefficient (Wildman–Crippen LogP) is 2.42. The number of amides is 2. The molecular formula is C21H19F4N3O4. The van der Waals surface area contributed by atoms with E-state index < -0.39 is 69.8 Å². The Kier molecular flexibility index (Phi) is 5.22. The maximum Gasteiger partial charge on any atom is 0.274 e. The molecule has 2 aliphatic rings. The molecule has 2 bridgehead atoms. The van der Waals surface area contributed by atoms with Crippen molar-refractivity contribution in [1.29, 1.82) is 0 Å². The molecule has 2 aromatic rings. The normalized spacial score (nSPS) is 22.3. The highest BCUT2D eigenvalue weighted by molar-refractivity contribution is 5.99. The molecule has 2 atom stereocenters. The van der Waals surface area contributed by atoms with Crippen molar-refractivity contribution in [3.8, 4) is 5.75 Å². The number of nitrogens with one attached hydrogen (secondary N) is 1. The Morgan fingerprint density at radius 2 is 1.91 bits per heavy atom. The molecule has 0 spiro atoms. The highest BCUT2D eigenvalue weighted by atomic mass is 19.2. The van der Waals surface area contributed by atoms with E-state index in [0.29, 0.717) is 12.1 Å². The fraction of sp³-hybridized carbons (Fsp3) is 0.381. The van der Waals surface area contributed by atoms with E-state index in [2.05, 4.69) is 5.32 Å². The van der Waals surface area contributed by atoms with Crippen molar-refractivity contribution in [2.24, 2.45) is 0 Å². The second-order valence-electron chi connectivity index (χ2n) is 8.28. The van der Waals surface area contributed by atoms with Gasteiger partial charge in [0.05, 0.1) is 6.04 Å². The molecule has 3 heterocycles. The van der Waals surface area contributed by atoms with Crippen molar-refractivity contribution >= 4 is 11.8 Å². The number of alkyl halides is 1. The minimum Gasteiger partial charge on any atom is -0.503 e. The van der Waals surface area contributed by atoms with Crippen molar-refractivity contribution in [2.75, 3.05) is 13.1 Å². The molecule has 1 aromatic heterocycles. The summed E-state index contributed by atoms with van der Waals surface area (Å²) >= 11 is 0. The van der Waals surface area contributed by atoms with Crippen LogP contribution in [0.15, 0.2) is 23.1 Å². The Morgan fingerprint density at radius 1 is 1.25 bits per heavy atom. The third kappa shape index (κ3) is 3.71. The van der Waals surface area contributed by atoms with E-state index in [9.17, 15) is 37.1 Å². The first-order chi connectivity index (χ1) is 15.0. The number of carbonyl (C=O) groups excluding carboxylic acids is 2. The first kappa shape index (κ1) is 21.8. The Balaban J connectivity index is 1.69. The van der Waals surface area contributed by atoms with Gasteiger partial charge in [0.15, 0.2) is 11.4 Å². The smallest absolute Gasteiger partial charge is 0.274 e. The van der Waals surface area contributed by atoms with Crippen LogP contribution in [0.1, 0.15) is 52.2 Å². The van der Waals surface area contributed by atoms with Crippen LogP contribution in [0.4, 0.5) is 17.6 Å². The lowest BCUT2D eigenvalue weighted by Crippen LogP contribution is -2.44. The average molecular weight is 453 g/mol. The van der Waals surface area contributed by atoms with Crippen LogP contribution in [0.5, 0.6) is 5.75 Å². The van der Waals surface area contributed by atoms with Crippen LogP contribution in [0.25, 0.3) is 0 Å². The largest absolute Gasteiger partial charge is 0.503 e. The number of pyridine rings is 1. The first-order valence-corrected chi connectivity index (χ1v) is 9.86. The number of aromatic hydroxyl groups is 1. The number of hydrogen-bond acceptors (Lipinski definition) is 4. The molecule has 0 aliphatic carbocycles. The molecule has 0 unspecified atom stereocenters. The topological polar surface area (TPSA) is 91.6 Å². The number of rotatable bonds is 3. The van der Waals surface area contributed by atoms with E-state index >= 15 is 0 Å². The molecular weight excluding hydrogens is 434 g/mol. The lowest BCUT2D eigenvalue weighted by molar-refractivity contribution is 0.0677. The predicted molar refractivity (Wildman–Crippen MR) is 104 cm³/mol. The van der Waals surface area contributed by atoms with Crippen molar-refractivity contribution in [2.45, 2.75) is 38.0 Å². The summed E-state index contributed by atoms with van der Waals surface area (Å²) in [7, 11) is 0. The quantitative estimate of drug-likeness (QED) is 0.699. The number of hydrogen-bond donors (Lipinski definition) is 2. The van der Waals surface area contributed by atoms with Gasteiger partial charge in [-0.15, -0.1) is 0 Å². The Morgan fingerprint density at radius 3 is 2.56 bits per heavy atom. The van der Waals surface area contributed by atoms with Gasteiger partial charge in [-0.1, -0.05) is 0 Å². The average Bonchev–Trinajstić information content (AvgIpc) is 2.84. The van der Waals surface area contributed by atoms with Crippen LogP contribution in [0.3, 0.4) is 0 Å². The lowest BCUT2D eigenvalue weighted by atomic mass is 9.96. The minimum absolute atomic E-state index is 0.0147. The monoisotopic (exact) mass is 453 g/mol. The maximum absolute atomic E-state index is 14.8. The van der Waals surface area contributed by atoms with Crippen LogP contribution in [-0.2, 0) is 6.54 Å². The highest BCUT2D eigenvalue weighted by Crippen LogP contribution is 2.37. The van der Waals surface area contributed by atoms with Crippen LogP contribution in [-0.4, -0.2) is 45.1 Å². The van der Waals surface area contributed by atoms with Gasteiger partial charge in [-0.3, -0.25) is 14.4 Å². The molecule has 32 heavy (non-hydrogen) atoms. The van der Waals surface area contributed by atoms with Crippen molar-refractivity contribution in [1.82, 2.24) is 14.8 Å². The molecule has 4 rings (SSSR count). The molecule has 11 heteroatoms. The first-order valence-electron chi connectivity index (χ1n) is 9.86. The third-order valence-electron chi connectivity index (χ3n) is 5.87. The Labute approximate surface area is 179 Å². The van der Waals surface area contributed by atoms with Crippen molar-refractivity contribution < 1.29 is 32.3 Å². The minimum atomic E-state index is -1.61. The molecule has 2 amide bonds. The fourth-order valence-electron chi connectivity index (χ4n) is 4.18. The second-order valence-corrected chi connectivity index (χ2v) is 8.28. The van der Waals surface area contributed by atoms with Crippen LogP contribution in [0, 0.1) is 17.5 Å². The van der Waals surface area contributed by atoms with E-state index in [1.807, 2.05) is 0 Å². The Bertz CT molecular complexity index is 1170. The molecule has 2 N–H and O–H groups in total. The lowest BCUT2D eigenvalue weighted by Gasteiger charge is -2.34. The summed E-state index contributed by atoms with van der Waals surface area (Å²) in [6, 6.07) is 0.258. The van der Waals surface area contributed by atoms with Gasteiger partial charge in [0, 0.05) is 49.9 Å². The number of fused-ring (bicyclic) bond motifs is 4. The van der Waals surface area contributed by atoms with E-state index in [4.69, 9.17) is 0 Å². The SMILES string of the molecule is C[C@@]1(F)CCN2C[C@H](C1)n1cc(C(=O)NCc3c(F)cc(F)cc3F)c(=O)c(O)c1C2=O. The van der Waals surface area contributed by atoms with Crippen LogP contribution >= 0.6 is 0 Å². The van der Waals surface area contributed by atoms with Gasteiger partial charge in [-0.25, -0.2) is 17.6 Å². The fourth-order valence-corrected chi connectivity index (χ4v) is 4.18. The molecule has 0 saturated carbocycles. The van der Waals surface area contributed by atoms with Gasteiger partial charge in [0.25, 0.3) is 11.8 Å². The number of halogens is 4. The Hall–Kier alpha value is -3.37. The molecule has 0 radical (unpaired) electrons. The molecule has 2 aliphatic heterocycles.